The third-order valence-corrected chi connectivity index (χ3v) is 5.20. The number of para-hydroxylation sites is 1. The van der Waals surface area contributed by atoms with Crippen LogP contribution in [0.25, 0.3) is 0 Å². The van der Waals surface area contributed by atoms with Gasteiger partial charge in [0.05, 0.1) is 26.8 Å². The fraction of sp³-hybridized carbons (Fsp3) is 0.409. The first kappa shape index (κ1) is 20.2. The number of carbonyl (C=O) groups excluding carboxylic acids is 1. The van der Waals surface area contributed by atoms with Crippen LogP contribution in [0.5, 0.6) is 11.5 Å². The second kappa shape index (κ2) is 9.57. The third kappa shape index (κ3) is 4.82. The highest BCUT2D eigenvalue weighted by Gasteiger charge is 2.28. The van der Waals surface area contributed by atoms with E-state index >= 15 is 0 Å². The number of amides is 1. The lowest BCUT2D eigenvalue weighted by molar-refractivity contribution is -0.132. The molecule has 6 heteroatoms. The second-order valence-corrected chi connectivity index (χ2v) is 7.03. The van der Waals surface area contributed by atoms with Crippen molar-refractivity contribution < 1.29 is 14.3 Å². The minimum absolute atomic E-state index is 0.109. The largest absolute Gasteiger partial charge is 0.497 e. The van der Waals surface area contributed by atoms with Crippen LogP contribution in [0.4, 0.5) is 0 Å². The normalized spacial score (nSPS) is 17.2. The van der Waals surface area contributed by atoms with E-state index in [1.807, 2.05) is 49.5 Å². The molecule has 1 fully saturated rings. The maximum atomic E-state index is 12.9. The zero-order chi connectivity index (χ0) is 19.9. The van der Waals surface area contributed by atoms with Crippen LogP contribution in [-0.4, -0.2) is 63.2 Å². The average Bonchev–Trinajstić information content (AvgIpc) is 2.74. The SMILES string of the molecule is COc1ccc(CN(C)C(=O)CN2CCNCC2c2ccccc2OC)cc1. The van der Waals surface area contributed by atoms with Crippen LogP contribution in [0, 0.1) is 0 Å². The number of nitrogens with one attached hydrogen (secondary N) is 1. The van der Waals surface area contributed by atoms with E-state index in [-0.39, 0.29) is 11.9 Å². The van der Waals surface area contributed by atoms with Crippen LogP contribution in [0.2, 0.25) is 0 Å². The molecule has 1 N–H and O–H groups in total. The van der Waals surface area contributed by atoms with Crippen LogP contribution in [-0.2, 0) is 11.3 Å². The Bertz CT molecular complexity index is 779. The molecule has 1 atom stereocenters. The second-order valence-electron chi connectivity index (χ2n) is 7.03. The van der Waals surface area contributed by atoms with Crippen molar-refractivity contribution in [1.29, 1.82) is 0 Å². The molecule has 1 heterocycles. The Balaban J connectivity index is 1.66. The van der Waals surface area contributed by atoms with E-state index in [0.717, 1.165) is 42.3 Å². The van der Waals surface area contributed by atoms with E-state index in [9.17, 15) is 4.79 Å². The molecule has 2 aromatic rings. The number of nitrogens with zero attached hydrogens (tertiary/aromatic N) is 2. The van der Waals surface area contributed by atoms with Gasteiger partial charge in [0, 0.05) is 38.8 Å². The molecule has 1 unspecified atom stereocenters. The Morgan fingerprint density at radius 2 is 1.89 bits per heavy atom. The highest BCUT2D eigenvalue weighted by Crippen LogP contribution is 2.30. The van der Waals surface area contributed by atoms with Gasteiger partial charge in [-0.15, -0.1) is 0 Å². The molecule has 1 saturated heterocycles. The number of rotatable bonds is 7. The molecular formula is C22H29N3O3. The number of carbonyl (C=O) groups is 1. The van der Waals surface area contributed by atoms with E-state index in [4.69, 9.17) is 9.47 Å². The quantitative estimate of drug-likeness (QED) is 0.795. The average molecular weight is 383 g/mol. The van der Waals surface area contributed by atoms with Crippen LogP contribution in [0.3, 0.4) is 0 Å². The summed E-state index contributed by atoms with van der Waals surface area (Å²) < 4.78 is 10.7. The Morgan fingerprint density at radius 1 is 1.14 bits per heavy atom. The molecule has 0 radical (unpaired) electrons. The van der Waals surface area contributed by atoms with E-state index in [0.29, 0.717) is 13.1 Å². The van der Waals surface area contributed by atoms with Crippen molar-refractivity contribution in [3.63, 3.8) is 0 Å². The maximum Gasteiger partial charge on any atom is 0.236 e. The summed E-state index contributed by atoms with van der Waals surface area (Å²) in [7, 11) is 5.19. The van der Waals surface area contributed by atoms with Crippen LogP contribution in [0.15, 0.2) is 48.5 Å². The predicted molar refractivity (Wildman–Crippen MR) is 110 cm³/mol. The molecule has 1 aliphatic heterocycles. The molecule has 0 spiro atoms. The first-order chi connectivity index (χ1) is 13.6. The minimum Gasteiger partial charge on any atom is -0.497 e. The minimum atomic E-state index is 0.109. The van der Waals surface area contributed by atoms with Crippen molar-refractivity contribution in [2.75, 3.05) is 47.4 Å². The maximum absolute atomic E-state index is 12.9. The standard InChI is InChI=1S/C22H29N3O3/c1-24(15-17-8-10-18(27-2)11-9-17)22(26)16-25-13-12-23-14-20(25)19-6-4-5-7-21(19)28-3/h4-11,20,23H,12-16H2,1-3H3. The smallest absolute Gasteiger partial charge is 0.236 e. The number of likely N-dealkylation sites (N-methyl/N-ethyl adjacent to an activating group) is 1. The Hall–Kier alpha value is -2.57. The zero-order valence-corrected chi connectivity index (χ0v) is 16.9. The summed E-state index contributed by atoms with van der Waals surface area (Å²) in [5, 5.41) is 3.43. The van der Waals surface area contributed by atoms with E-state index in [2.05, 4.69) is 16.3 Å². The molecule has 0 bridgehead atoms. The number of piperazine rings is 1. The number of ether oxygens (including phenoxy) is 2. The van der Waals surface area contributed by atoms with Crippen LogP contribution >= 0.6 is 0 Å². The fourth-order valence-electron chi connectivity index (χ4n) is 3.57. The fourth-order valence-corrected chi connectivity index (χ4v) is 3.57. The van der Waals surface area contributed by atoms with Gasteiger partial charge in [0.2, 0.25) is 5.91 Å². The Kier molecular flexibility index (Phi) is 6.90. The Morgan fingerprint density at radius 3 is 2.61 bits per heavy atom. The van der Waals surface area contributed by atoms with Crippen molar-refractivity contribution in [3.8, 4) is 11.5 Å². The van der Waals surface area contributed by atoms with Crippen molar-refractivity contribution in [3.05, 3.63) is 59.7 Å². The molecular weight excluding hydrogens is 354 g/mol. The van der Waals surface area contributed by atoms with Gasteiger partial charge in [-0.3, -0.25) is 9.69 Å². The number of methoxy groups -OCH3 is 2. The summed E-state index contributed by atoms with van der Waals surface area (Å²) in [5.41, 5.74) is 2.20. The van der Waals surface area contributed by atoms with Crippen molar-refractivity contribution in [2.24, 2.45) is 0 Å². The molecule has 0 aromatic heterocycles. The van der Waals surface area contributed by atoms with Crippen molar-refractivity contribution in [2.45, 2.75) is 12.6 Å². The molecule has 1 aliphatic rings. The summed E-state index contributed by atoms with van der Waals surface area (Å²) >= 11 is 0. The highest BCUT2D eigenvalue weighted by molar-refractivity contribution is 5.78. The van der Waals surface area contributed by atoms with Crippen LogP contribution in [0.1, 0.15) is 17.2 Å². The van der Waals surface area contributed by atoms with Gasteiger partial charge in [-0.05, 0) is 23.8 Å². The molecule has 150 valence electrons. The van der Waals surface area contributed by atoms with Gasteiger partial charge < -0.3 is 19.7 Å². The van der Waals surface area contributed by atoms with Gasteiger partial charge in [0.25, 0.3) is 0 Å². The third-order valence-electron chi connectivity index (χ3n) is 5.20. The Labute approximate surface area is 167 Å². The summed E-state index contributed by atoms with van der Waals surface area (Å²) in [6, 6.07) is 16.0. The first-order valence-electron chi connectivity index (χ1n) is 9.57. The lowest BCUT2D eigenvalue weighted by Gasteiger charge is -2.37. The summed E-state index contributed by atoms with van der Waals surface area (Å²) in [6.45, 7) is 3.47. The zero-order valence-electron chi connectivity index (χ0n) is 16.9. The van der Waals surface area contributed by atoms with Gasteiger partial charge in [-0.25, -0.2) is 0 Å². The van der Waals surface area contributed by atoms with Gasteiger partial charge in [-0.1, -0.05) is 30.3 Å². The van der Waals surface area contributed by atoms with E-state index in [1.165, 1.54) is 0 Å². The van der Waals surface area contributed by atoms with Crippen LogP contribution < -0.4 is 14.8 Å². The van der Waals surface area contributed by atoms with Crippen molar-refractivity contribution in [1.82, 2.24) is 15.1 Å². The molecule has 6 nitrogen and oxygen atoms in total. The molecule has 1 amide bonds. The lowest BCUT2D eigenvalue weighted by atomic mass is 10.0. The summed E-state index contributed by atoms with van der Waals surface area (Å²) in [5.74, 6) is 1.79. The lowest BCUT2D eigenvalue weighted by Crippen LogP contribution is -2.49. The number of hydrogen-bond donors (Lipinski definition) is 1. The summed E-state index contributed by atoms with van der Waals surface area (Å²) in [4.78, 5) is 16.9. The molecule has 28 heavy (non-hydrogen) atoms. The topological polar surface area (TPSA) is 54.0 Å². The van der Waals surface area contributed by atoms with Gasteiger partial charge in [0.1, 0.15) is 11.5 Å². The predicted octanol–water partition coefficient (Wildman–Crippen LogP) is 2.31. The van der Waals surface area contributed by atoms with Gasteiger partial charge in [0.15, 0.2) is 0 Å². The van der Waals surface area contributed by atoms with Crippen molar-refractivity contribution >= 4 is 5.91 Å². The number of benzene rings is 2. The molecule has 0 aliphatic carbocycles. The monoisotopic (exact) mass is 383 g/mol. The molecule has 3 rings (SSSR count). The van der Waals surface area contributed by atoms with Gasteiger partial charge >= 0.3 is 0 Å². The molecule has 0 saturated carbocycles. The highest BCUT2D eigenvalue weighted by atomic mass is 16.5. The van der Waals surface area contributed by atoms with E-state index < -0.39 is 0 Å². The first-order valence-corrected chi connectivity index (χ1v) is 9.57. The van der Waals surface area contributed by atoms with Gasteiger partial charge in [-0.2, -0.15) is 0 Å². The number of hydrogen-bond acceptors (Lipinski definition) is 5. The summed E-state index contributed by atoms with van der Waals surface area (Å²) in [6.07, 6.45) is 0. The van der Waals surface area contributed by atoms with E-state index in [1.54, 1.807) is 19.1 Å². The molecule has 2 aromatic carbocycles.